The number of anilines is 1. The van der Waals surface area contributed by atoms with E-state index >= 15 is 0 Å². The third-order valence-electron chi connectivity index (χ3n) is 1.81. The zero-order valence-electron chi connectivity index (χ0n) is 9.40. The molecule has 0 unspecified atom stereocenters. The van der Waals surface area contributed by atoms with E-state index in [2.05, 4.69) is 15.3 Å². The lowest BCUT2D eigenvalue weighted by atomic mass is 10.3. The second-order valence-electron chi connectivity index (χ2n) is 3.14. The van der Waals surface area contributed by atoms with Crippen molar-refractivity contribution >= 4 is 11.4 Å². The van der Waals surface area contributed by atoms with Crippen LogP contribution in [0.25, 0.3) is 0 Å². The van der Waals surface area contributed by atoms with Gasteiger partial charge >= 0.3 is 0 Å². The predicted molar refractivity (Wildman–Crippen MR) is 60.2 cm³/mol. The summed E-state index contributed by atoms with van der Waals surface area (Å²) in [5, 5.41) is 20.2. The van der Waals surface area contributed by atoms with Crippen molar-refractivity contribution in [1.82, 2.24) is 0 Å². The fourth-order valence-electron chi connectivity index (χ4n) is 1.04. The SMILES string of the molecule is N#CC(C#N)=NNc1ccc(OCC(F)F)c(F)c1. The molecular weight excluding hydrogens is 261 g/mol. The quantitative estimate of drug-likeness (QED) is 0.656. The molecule has 5 nitrogen and oxygen atoms in total. The minimum absolute atomic E-state index is 0.143. The van der Waals surface area contributed by atoms with Crippen molar-refractivity contribution in [2.75, 3.05) is 12.0 Å². The molecule has 1 N–H and O–H groups in total. The van der Waals surface area contributed by atoms with Gasteiger partial charge in [-0.3, -0.25) is 5.43 Å². The summed E-state index contributed by atoms with van der Waals surface area (Å²) in [5.41, 5.74) is 1.99. The molecule has 0 spiro atoms. The average molecular weight is 268 g/mol. The van der Waals surface area contributed by atoms with Crippen LogP contribution in [0.5, 0.6) is 5.75 Å². The number of halogens is 3. The van der Waals surface area contributed by atoms with Gasteiger partial charge < -0.3 is 4.74 Å². The van der Waals surface area contributed by atoms with Gasteiger partial charge in [-0.1, -0.05) is 0 Å². The number of rotatable bonds is 5. The van der Waals surface area contributed by atoms with Crippen molar-refractivity contribution in [3.8, 4) is 17.9 Å². The van der Waals surface area contributed by atoms with Crippen molar-refractivity contribution in [3.05, 3.63) is 24.0 Å². The molecule has 0 radical (unpaired) electrons. The molecule has 0 aromatic heterocycles. The zero-order valence-corrected chi connectivity index (χ0v) is 9.40. The van der Waals surface area contributed by atoms with Crippen LogP contribution in [0, 0.1) is 28.5 Å². The molecule has 0 aliphatic heterocycles. The lowest BCUT2D eigenvalue weighted by Gasteiger charge is -2.07. The number of nitriles is 2. The second-order valence-corrected chi connectivity index (χ2v) is 3.14. The number of nitrogens with one attached hydrogen (secondary N) is 1. The zero-order chi connectivity index (χ0) is 14.3. The Morgan fingerprint density at radius 1 is 1.37 bits per heavy atom. The Morgan fingerprint density at radius 2 is 2.05 bits per heavy atom. The van der Waals surface area contributed by atoms with Crippen LogP contribution < -0.4 is 10.2 Å². The van der Waals surface area contributed by atoms with E-state index in [4.69, 9.17) is 10.5 Å². The highest BCUT2D eigenvalue weighted by atomic mass is 19.3. The van der Waals surface area contributed by atoms with Crippen LogP contribution in [-0.2, 0) is 0 Å². The third-order valence-corrected chi connectivity index (χ3v) is 1.81. The third kappa shape index (κ3) is 4.56. The van der Waals surface area contributed by atoms with E-state index in [0.29, 0.717) is 0 Å². The lowest BCUT2D eigenvalue weighted by molar-refractivity contribution is 0.0799. The van der Waals surface area contributed by atoms with Crippen molar-refractivity contribution in [2.45, 2.75) is 6.43 Å². The predicted octanol–water partition coefficient (Wildman–Crippen LogP) is 2.28. The molecule has 0 bridgehead atoms. The monoisotopic (exact) mass is 268 g/mol. The number of hydrogen-bond acceptors (Lipinski definition) is 5. The molecule has 0 fully saturated rings. The highest BCUT2D eigenvalue weighted by Crippen LogP contribution is 2.21. The number of ether oxygens (including phenoxy) is 1. The fraction of sp³-hybridized carbons (Fsp3) is 0.182. The molecule has 19 heavy (non-hydrogen) atoms. The summed E-state index contributed by atoms with van der Waals surface area (Å²) in [6.45, 7) is -0.908. The maximum absolute atomic E-state index is 13.4. The minimum Gasteiger partial charge on any atom is -0.485 e. The summed E-state index contributed by atoms with van der Waals surface area (Å²) in [7, 11) is 0. The molecule has 0 saturated carbocycles. The number of nitrogens with zero attached hydrogens (tertiary/aromatic N) is 3. The van der Waals surface area contributed by atoms with Gasteiger partial charge in [0.2, 0.25) is 5.71 Å². The molecule has 0 aliphatic carbocycles. The van der Waals surface area contributed by atoms with E-state index in [1.54, 1.807) is 0 Å². The highest BCUT2D eigenvalue weighted by molar-refractivity contribution is 6.10. The van der Waals surface area contributed by atoms with Crippen molar-refractivity contribution in [2.24, 2.45) is 5.10 Å². The maximum atomic E-state index is 13.4. The molecule has 0 amide bonds. The first-order valence-electron chi connectivity index (χ1n) is 4.91. The smallest absolute Gasteiger partial charge is 0.272 e. The van der Waals surface area contributed by atoms with Crippen LogP contribution in [0.4, 0.5) is 18.9 Å². The van der Waals surface area contributed by atoms with Crippen LogP contribution in [0.1, 0.15) is 0 Å². The molecule has 1 rings (SSSR count). The lowest BCUT2D eigenvalue weighted by Crippen LogP contribution is -2.08. The summed E-state index contributed by atoms with van der Waals surface area (Å²) in [6.07, 6.45) is -2.70. The first-order chi connectivity index (χ1) is 9.06. The Balaban J connectivity index is 2.75. The van der Waals surface area contributed by atoms with Gasteiger partial charge in [0.05, 0.1) is 5.69 Å². The summed E-state index contributed by atoms with van der Waals surface area (Å²) in [5.74, 6) is -1.19. The molecule has 98 valence electrons. The Bertz CT molecular complexity index is 544. The van der Waals surface area contributed by atoms with Gasteiger partial charge in [0.1, 0.15) is 18.7 Å². The largest absolute Gasteiger partial charge is 0.485 e. The van der Waals surface area contributed by atoms with E-state index in [9.17, 15) is 13.2 Å². The van der Waals surface area contributed by atoms with Gasteiger partial charge in [0.15, 0.2) is 11.6 Å². The van der Waals surface area contributed by atoms with Crippen LogP contribution in [0.3, 0.4) is 0 Å². The molecule has 8 heteroatoms. The van der Waals surface area contributed by atoms with Crippen LogP contribution in [0.2, 0.25) is 0 Å². The van der Waals surface area contributed by atoms with Gasteiger partial charge in [0, 0.05) is 6.07 Å². The highest BCUT2D eigenvalue weighted by Gasteiger charge is 2.08. The van der Waals surface area contributed by atoms with E-state index in [1.165, 1.54) is 18.2 Å². The van der Waals surface area contributed by atoms with E-state index in [1.807, 2.05) is 0 Å². The van der Waals surface area contributed by atoms with Crippen LogP contribution >= 0.6 is 0 Å². The molecule has 1 aromatic carbocycles. The molecule has 1 aromatic rings. The van der Waals surface area contributed by atoms with Crippen LogP contribution in [0.15, 0.2) is 23.3 Å². The summed E-state index contributed by atoms with van der Waals surface area (Å²) >= 11 is 0. The standard InChI is InChI=1S/C11H7F3N4O/c12-9-3-7(17-18-8(4-15)5-16)1-2-10(9)19-6-11(13)14/h1-3,11,17H,6H2. The molecule has 0 atom stereocenters. The normalized spacial score (nSPS) is 9.37. The molecular formula is C11H7F3N4O. The van der Waals surface area contributed by atoms with Crippen LogP contribution in [-0.4, -0.2) is 18.7 Å². The van der Waals surface area contributed by atoms with Gasteiger partial charge in [-0.2, -0.15) is 15.6 Å². The fourth-order valence-corrected chi connectivity index (χ4v) is 1.04. The average Bonchev–Trinajstić information content (AvgIpc) is 2.38. The maximum Gasteiger partial charge on any atom is 0.272 e. The van der Waals surface area contributed by atoms with Gasteiger partial charge in [-0.25, -0.2) is 13.2 Å². The first kappa shape index (κ1) is 14.3. The van der Waals surface area contributed by atoms with Gasteiger partial charge in [0.25, 0.3) is 6.43 Å². The first-order valence-corrected chi connectivity index (χ1v) is 4.91. The van der Waals surface area contributed by atoms with Crippen molar-refractivity contribution < 1.29 is 17.9 Å². The summed E-state index contributed by atoms with van der Waals surface area (Å²) in [4.78, 5) is 0. The molecule has 0 heterocycles. The Kier molecular flexibility index (Phi) is 5.17. The Hall–Kier alpha value is -2.74. The number of hydrogen-bond donors (Lipinski definition) is 1. The van der Waals surface area contributed by atoms with E-state index in [0.717, 1.165) is 12.1 Å². The molecule has 0 aliphatic rings. The van der Waals surface area contributed by atoms with Crippen molar-refractivity contribution in [3.63, 3.8) is 0 Å². The number of hydrazone groups is 1. The number of alkyl halides is 2. The van der Waals surface area contributed by atoms with Crippen molar-refractivity contribution in [1.29, 1.82) is 10.5 Å². The topological polar surface area (TPSA) is 81.2 Å². The van der Waals surface area contributed by atoms with E-state index in [-0.39, 0.29) is 11.4 Å². The molecule has 0 saturated heterocycles. The summed E-state index contributed by atoms with van der Waals surface area (Å²) in [6, 6.07) is 6.39. The van der Waals surface area contributed by atoms with E-state index < -0.39 is 24.6 Å². The van der Waals surface area contributed by atoms with Gasteiger partial charge in [-0.15, -0.1) is 0 Å². The second kappa shape index (κ2) is 6.87. The Morgan fingerprint density at radius 3 is 2.58 bits per heavy atom. The number of benzene rings is 1. The Labute approximate surface area is 106 Å². The summed E-state index contributed by atoms with van der Waals surface area (Å²) < 4.78 is 41.7. The minimum atomic E-state index is -2.70. The van der Waals surface area contributed by atoms with Gasteiger partial charge in [-0.05, 0) is 12.1 Å².